The van der Waals surface area contributed by atoms with Gasteiger partial charge in [-0.3, -0.25) is 9.69 Å². The van der Waals surface area contributed by atoms with Crippen molar-refractivity contribution in [1.82, 2.24) is 23.7 Å². The lowest BCUT2D eigenvalue weighted by atomic mass is 10.0. The van der Waals surface area contributed by atoms with E-state index in [0.29, 0.717) is 66.3 Å². The van der Waals surface area contributed by atoms with Gasteiger partial charge in [-0.2, -0.15) is 4.31 Å². The summed E-state index contributed by atoms with van der Waals surface area (Å²) in [5, 5.41) is 4.58. The van der Waals surface area contributed by atoms with Crippen LogP contribution in [0.4, 0.5) is 16.0 Å². The highest BCUT2D eigenvalue weighted by molar-refractivity contribution is 7.88. The normalized spacial score (nSPS) is 15.7. The topological polar surface area (TPSA) is 103 Å². The molecule has 11 heteroatoms. The number of hydrogen-bond donors (Lipinski definition) is 2. The van der Waals surface area contributed by atoms with Crippen molar-refractivity contribution in [2.45, 2.75) is 13.8 Å². The van der Waals surface area contributed by atoms with Gasteiger partial charge in [0.15, 0.2) is 0 Å². The quantitative estimate of drug-likeness (QED) is 0.390. The molecule has 38 heavy (non-hydrogen) atoms. The second kappa shape index (κ2) is 9.97. The van der Waals surface area contributed by atoms with Crippen LogP contribution in [0.2, 0.25) is 0 Å². The second-order valence-electron chi connectivity index (χ2n) is 9.75. The molecule has 0 bridgehead atoms. The van der Waals surface area contributed by atoms with Gasteiger partial charge in [0.1, 0.15) is 5.82 Å². The summed E-state index contributed by atoms with van der Waals surface area (Å²) in [4.78, 5) is 23.2. The van der Waals surface area contributed by atoms with E-state index in [1.807, 2.05) is 42.8 Å². The van der Waals surface area contributed by atoms with E-state index in [1.165, 1.54) is 16.6 Å². The Kier molecular flexibility index (Phi) is 6.84. The van der Waals surface area contributed by atoms with E-state index in [4.69, 9.17) is 0 Å². The van der Waals surface area contributed by atoms with Crippen molar-refractivity contribution in [3.8, 4) is 0 Å². The van der Waals surface area contributed by atoms with Gasteiger partial charge in [-0.05, 0) is 49.1 Å². The number of piperazine rings is 1. The van der Waals surface area contributed by atoms with Crippen molar-refractivity contribution in [2.24, 2.45) is 7.05 Å². The standard InChI is InChI=1S/C27H31FN6O3S/c1-17-19-10-11-23-25(32(3)27(31-23)30-22-8-5-7-20(28)18(22)2)24(19)26(35)29-21(17)9-6-12-33-13-15-34(16-14-33)38(4,36)37/h5-11H,12-16H2,1-4H3,(H,29,35)(H,30,31). The average molecular weight is 539 g/mol. The average Bonchev–Trinajstić information content (AvgIpc) is 3.19. The number of halogens is 1. The van der Waals surface area contributed by atoms with Crippen LogP contribution in [0, 0.1) is 19.7 Å². The lowest BCUT2D eigenvalue weighted by Crippen LogP contribution is -2.48. The minimum atomic E-state index is -3.16. The zero-order valence-electron chi connectivity index (χ0n) is 21.9. The van der Waals surface area contributed by atoms with E-state index in [-0.39, 0.29) is 11.4 Å². The summed E-state index contributed by atoms with van der Waals surface area (Å²) in [5.74, 6) is 0.209. The summed E-state index contributed by atoms with van der Waals surface area (Å²) >= 11 is 0. The molecule has 1 fully saturated rings. The van der Waals surface area contributed by atoms with Crippen LogP contribution in [-0.4, -0.2) is 71.1 Å². The van der Waals surface area contributed by atoms with Gasteiger partial charge in [-0.15, -0.1) is 0 Å². The molecule has 2 aromatic carbocycles. The number of rotatable bonds is 6. The van der Waals surface area contributed by atoms with Crippen molar-refractivity contribution in [3.63, 3.8) is 0 Å². The summed E-state index contributed by atoms with van der Waals surface area (Å²) in [6.07, 6.45) is 5.14. The molecule has 9 nitrogen and oxygen atoms in total. The molecule has 0 amide bonds. The Labute approximate surface area is 220 Å². The summed E-state index contributed by atoms with van der Waals surface area (Å²) in [6, 6.07) is 8.64. The van der Waals surface area contributed by atoms with Gasteiger partial charge >= 0.3 is 0 Å². The molecule has 5 rings (SSSR count). The monoisotopic (exact) mass is 538 g/mol. The fourth-order valence-electron chi connectivity index (χ4n) is 4.98. The Morgan fingerprint density at radius 1 is 1.11 bits per heavy atom. The van der Waals surface area contributed by atoms with Crippen LogP contribution in [0.1, 0.15) is 16.8 Å². The third-order valence-electron chi connectivity index (χ3n) is 7.28. The Morgan fingerprint density at radius 3 is 2.55 bits per heavy atom. The maximum Gasteiger partial charge on any atom is 0.258 e. The molecule has 0 saturated carbocycles. The number of imidazole rings is 1. The fraction of sp³-hybridized carbons (Fsp3) is 0.333. The predicted octanol–water partition coefficient (Wildman–Crippen LogP) is 3.50. The van der Waals surface area contributed by atoms with Crippen LogP contribution >= 0.6 is 0 Å². The van der Waals surface area contributed by atoms with Crippen LogP contribution in [0.25, 0.3) is 27.9 Å². The zero-order chi connectivity index (χ0) is 27.2. The number of nitrogens with zero attached hydrogens (tertiary/aromatic N) is 4. The number of benzene rings is 2. The van der Waals surface area contributed by atoms with Crippen LogP contribution < -0.4 is 10.9 Å². The largest absolute Gasteiger partial charge is 0.325 e. The maximum atomic E-state index is 14.0. The molecule has 0 atom stereocenters. The van der Waals surface area contributed by atoms with Crippen LogP contribution in [0.3, 0.4) is 0 Å². The lowest BCUT2D eigenvalue weighted by Gasteiger charge is -2.32. The molecular weight excluding hydrogens is 507 g/mol. The van der Waals surface area contributed by atoms with Crippen molar-refractivity contribution >= 4 is 49.5 Å². The Balaban J connectivity index is 1.42. The number of hydrogen-bond acceptors (Lipinski definition) is 6. The Morgan fingerprint density at radius 2 is 1.84 bits per heavy atom. The summed E-state index contributed by atoms with van der Waals surface area (Å²) in [7, 11) is -1.33. The number of anilines is 2. The number of nitrogens with one attached hydrogen (secondary N) is 2. The number of aromatic amines is 1. The lowest BCUT2D eigenvalue weighted by molar-refractivity contribution is 0.205. The van der Waals surface area contributed by atoms with Crippen molar-refractivity contribution in [2.75, 3.05) is 44.3 Å². The third kappa shape index (κ3) is 4.84. The van der Waals surface area contributed by atoms with Crippen LogP contribution in [0.5, 0.6) is 0 Å². The number of H-pyrrole nitrogens is 1. The number of aryl methyl sites for hydroxylation is 2. The highest BCUT2D eigenvalue weighted by Gasteiger charge is 2.22. The summed E-state index contributed by atoms with van der Waals surface area (Å²) < 4.78 is 40.8. The van der Waals surface area contributed by atoms with Gasteiger partial charge in [0.2, 0.25) is 16.0 Å². The molecule has 0 spiro atoms. The number of fused-ring (bicyclic) bond motifs is 3. The number of aromatic nitrogens is 3. The smallest absolute Gasteiger partial charge is 0.258 e. The van der Waals surface area contributed by atoms with E-state index < -0.39 is 10.0 Å². The molecule has 4 aromatic rings. The molecule has 1 saturated heterocycles. The molecule has 1 aliphatic heterocycles. The van der Waals surface area contributed by atoms with E-state index in [1.54, 1.807) is 19.1 Å². The molecule has 0 radical (unpaired) electrons. The third-order valence-corrected chi connectivity index (χ3v) is 8.59. The first-order valence-corrected chi connectivity index (χ1v) is 14.3. The fourth-order valence-corrected chi connectivity index (χ4v) is 5.80. The second-order valence-corrected chi connectivity index (χ2v) is 11.7. The van der Waals surface area contributed by atoms with E-state index in [0.717, 1.165) is 16.6 Å². The van der Waals surface area contributed by atoms with Crippen molar-refractivity contribution in [3.05, 3.63) is 69.4 Å². The summed E-state index contributed by atoms with van der Waals surface area (Å²) in [5.41, 5.74) is 3.92. The predicted molar refractivity (Wildman–Crippen MR) is 150 cm³/mol. The maximum absolute atomic E-state index is 14.0. The minimum Gasteiger partial charge on any atom is -0.325 e. The van der Waals surface area contributed by atoms with Gasteiger partial charge in [0.05, 0.1) is 22.7 Å². The highest BCUT2D eigenvalue weighted by atomic mass is 32.2. The molecule has 3 heterocycles. The Bertz CT molecular complexity index is 1730. The Hall–Kier alpha value is -3.54. The first kappa shape index (κ1) is 26.1. The van der Waals surface area contributed by atoms with Gasteiger partial charge in [-0.25, -0.2) is 17.8 Å². The van der Waals surface area contributed by atoms with E-state index in [9.17, 15) is 17.6 Å². The first-order valence-electron chi connectivity index (χ1n) is 12.4. The zero-order valence-corrected chi connectivity index (χ0v) is 22.7. The highest BCUT2D eigenvalue weighted by Crippen LogP contribution is 2.30. The van der Waals surface area contributed by atoms with Gasteiger partial charge in [0.25, 0.3) is 5.56 Å². The van der Waals surface area contributed by atoms with Crippen LogP contribution in [-0.2, 0) is 17.1 Å². The van der Waals surface area contributed by atoms with Crippen molar-refractivity contribution in [1.29, 1.82) is 0 Å². The molecule has 2 N–H and O–H groups in total. The van der Waals surface area contributed by atoms with Crippen LogP contribution in [0.15, 0.2) is 41.2 Å². The van der Waals surface area contributed by atoms with E-state index in [2.05, 4.69) is 20.2 Å². The molecule has 200 valence electrons. The van der Waals surface area contributed by atoms with E-state index >= 15 is 0 Å². The number of pyridine rings is 1. The molecule has 0 aliphatic carbocycles. The summed E-state index contributed by atoms with van der Waals surface area (Å²) in [6.45, 7) is 6.62. The van der Waals surface area contributed by atoms with Gasteiger partial charge in [0, 0.05) is 56.7 Å². The molecule has 0 unspecified atom stereocenters. The minimum absolute atomic E-state index is 0.214. The van der Waals surface area contributed by atoms with Crippen molar-refractivity contribution < 1.29 is 12.8 Å². The number of sulfonamides is 1. The molecule has 2 aromatic heterocycles. The van der Waals surface area contributed by atoms with Gasteiger partial charge < -0.3 is 14.9 Å². The van der Waals surface area contributed by atoms with Gasteiger partial charge in [-0.1, -0.05) is 18.2 Å². The molecular formula is C27H31FN6O3S. The first-order chi connectivity index (χ1) is 18.0. The molecule has 1 aliphatic rings. The SMILES string of the molecule is Cc1c(F)cccc1Nc1nc2ccc3c(C)c(C=CCN4CCN(S(C)(=O)=O)CC4)[nH]c(=O)c3c2n1C.